The molecular formula is C19H20ClNO3. The van der Waals surface area contributed by atoms with E-state index in [2.05, 4.69) is 0 Å². The summed E-state index contributed by atoms with van der Waals surface area (Å²) in [5, 5.41) is 19.3. The molecule has 1 fully saturated rings. The van der Waals surface area contributed by atoms with Crippen molar-refractivity contribution in [2.24, 2.45) is 0 Å². The number of aliphatic hydroxyl groups is 1. The fourth-order valence-corrected chi connectivity index (χ4v) is 3.32. The number of aliphatic hydroxyl groups excluding tert-OH is 1. The number of carbonyl (C=O) groups excluding carboxylic acids is 1. The molecule has 0 aromatic heterocycles. The normalized spacial score (nSPS) is 17.8. The van der Waals surface area contributed by atoms with E-state index in [1.54, 1.807) is 29.2 Å². The molecule has 2 aromatic rings. The van der Waals surface area contributed by atoms with Crippen LogP contribution in [0.15, 0.2) is 42.5 Å². The maximum absolute atomic E-state index is 12.8. The molecule has 3 rings (SSSR count). The Hall–Kier alpha value is -2.04. The van der Waals surface area contributed by atoms with Gasteiger partial charge in [0, 0.05) is 12.1 Å². The van der Waals surface area contributed by atoms with Crippen molar-refractivity contribution in [2.75, 3.05) is 13.2 Å². The van der Waals surface area contributed by atoms with Crippen LogP contribution in [0.4, 0.5) is 0 Å². The molecule has 1 aliphatic heterocycles. The molecule has 0 unspecified atom stereocenters. The quantitative estimate of drug-likeness (QED) is 0.891. The highest BCUT2D eigenvalue weighted by Crippen LogP contribution is 2.30. The lowest BCUT2D eigenvalue weighted by atomic mass is 9.99. The molecule has 2 aromatic carbocycles. The van der Waals surface area contributed by atoms with Crippen LogP contribution in [-0.4, -0.2) is 40.2 Å². The summed E-state index contributed by atoms with van der Waals surface area (Å²) in [5.41, 5.74) is 2.29. The van der Waals surface area contributed by atoms with Crippen LogP contribution < -0.4 is 0 Å². The first kappa shape index (κ1) is 16.8. The Bertz CT molecular complexity index is 747. The van der Waals surface area contributed by atoms with Crippen LogP contribution in [0.5, 0.6) is 5.75 Å². The number of nitrogens with zero attached hydrogens (tertiary/aromatic N) is 1. The van der Waals surface area contributed by atoms with Crippen LogP contribution in [0.25, 0.3) is 11.1 Å². The number of carbonyl (C=O) groups is 1. The molecule has 126 valence electrons. The van der Waals surface area contributed by atoms with Crippen molar-refractivity contribution in [1.29, 1.82) is 0 Å². The van der Waals surface area contributed by atoms with E-state index in [0.717, 1.165) is 30.4 Å². The summed E-state index contributed by atoms with van der Waals surface area (Å²) in [6, 6.07) is 12.2. The fourth-order valence-electron chi connectivity index (χ4n) is 3.14. The van der Waals surface area contributed by atoms with Gasteiger partial charge in [-0.25, -0.2) is 0 Å². The van der Waals surface area contributed by atoms with E-state index in [9.17, 15) is 15.0 Å². The zero-order chi connectivity index (χ0) is 17.1. The molecule has 0 radical (unpaired) electrons. The Morgan fingerprint density at radius 2 is 1.96 bits per heavy atom. The third-order valence-electron chi connectivity index (χ3n) is 4.49. The number of hydrogen-bond donors (Lipinski definition) is 2. The number of hydrogen-bond acceptors (Lipinski definition) is 3. The van der Waals surface area contributed by atoms with Crippen molar-refractivity contribution in [3.05, 3.63) is 53.1 Å². The van der Waals surface area contributed by atoms with Gasteiger partial charge in [0.15, 0.2) is 0 Å². The number of likely N-dealkylation sites (tertiary alicyclic amines) is 1. The molecule has 0 saturated carbocycles. The molecule has 4 nitrogen and oxygen atoms in total. The zero-order valence-electron chi connectivity index (χ0n) is 13.3. The topological polar surface area (TPSA) is 60.8 Å². The van der Waals surface area contributed by atoms with E-state index < -0.39 is 0 Å². The molecule has 0 spiro atoms. The van der Waals surface area contributed by atoms with Gasteiger partial charge in [0.1, 0.15) is 5.75 Å². The highest BCUT2D eigenvalue weighted by molar-refractivity contribution is 6.32. The molecule has 1 saturated heterocycles. The number of rotatable bonds is 3. The van der Waals surface area contributed by atoms with Gasteiger partial charge in [-0.3, -0.25) is 4.79 Å². The van der Waals surface area contributed by atoms with Crippen molar-refractivity contribution in [2.45, 2.75) is 25.3 Å². The largest absolute Gasteiger partial charge is 0.506 e. The molecule has 2 N–H and O–H groups in total. The summed E-state index contributed by atoms with van der Waals surface area (Å²) in [7, 11) is 0. The number of halogens is 1. The number of phenolic OH excluding ortho intramolecular Hbond substituents is 1. The standard InChI is InChI=1S/C19H20ClNO3/c20-17-11-14(7-8-18(17)23)13-4-3-5-15(10-13)19(24)21-9-2-1-6-16(21)12-22/h3-5,7-8,10-11,16,22-23H,1-2,6,9,12H2/t16-/m0/s1. The molecule has 1 heterocycles. The van der Waals surface area contributed by atoms with Gasteiger partial charge in [-0.2, -0.15) is 0 Å². The average Bonchev–Trinajstić information content (AvgIpc) is 2.63. The molecule has 0 bridgehead atoms. The van der Waals surface area contributed by atoms with Crippen LogP contribution in [0.1, 0.15) is 29.6 Å². The van der Waals surface area contributed by atoms with Crippen LogP contribution in [0.3, 0.4) is 0 Å². The number of piperidine rings is 1. The Kier molecular flexibility index (Phi) is 5.07. The summed E-state index contributed by atoms with van der Waals surface area (Å²) in [5.74, 6) is -0.0211. The van der Waals surface area contributed by atoms with Crippen molar-refractivity contribution in [3.8, 4) is 16.9 Å². The number of phenols is 1. The monoisotopic (exact) mass is 345 g/mol. The maximum atomic E-state index is 12.8. The number of amides is 1. The van der Waals surface area contributed by atoms with Crippen molar-refractivity contribution in [1.82, 2.24) is 4.90 Å². The lowest BCUT2D eigenvalue weighted by Gasteiger charge is -2.34. The third-order valence-corrected chi connectivity index (χ3v) is 4.79. The molecule has 1 aliphatic rings. The van der Waals surface area contributed by atoms with E-state index in [1.165, 1.54) is 0 Å². The Morgan fingerprint density at radius 3 is 2.71 bits per heavy atom. The first-order valence-corrected chi connectivity index (χ1v) is 8.48. The second kappa shape index (κ2) is 7.24. The van der Waals surface area contributed by atoms with Crippen molar-refractivity contribution in [3.63, 3.8) is 0 Å². The maximum Gasteiger partial charge on any atom is 0.254 e. The molecule has 1 amide bonds. The van der Waals surface area contributed by atoms with E-state index in [1.807, 2.05) is 18.2 Å². The van der Waals surface area contributed by atoms with Gasteiger partial charge < -0.3 is 15.1 Å². The van der Waals surface area contributed by atoms with Gasteiger partial charge in [0.25, 0.3) is 5.91 Å². The number of aromatic hydroxyl groups is 1. The average molecular weight is 346 g/mol. The minimum absolute atomic E-state index is 0.000991. The van der Waals surface area contributed by atoms with Gasteiger partial charge in [0.05, 0.1) is 17.7 Å². The Balaban J connectivity index is 1.89. The lowest BCUT2D eigenvalue weighted by molar-refractivity contribution is 0.0503. The number of benzene rings is 2. The molecule has 24 heavy (non-hydrogen) atoms. The first-order chi connectivity index (χ1) is 11.6. The van der Waals surface area contributed by atoms with E-state index in [0.29, 0.717) is 12.1 Å². The Morgan fingerprint density at radius 1 is 1.17 bits per heavy atom. The molecule has 1 atom stereocenters. The summed E-state index contributed by atoms with van der Waals surface area (Å²) < 4.78 is 0. The smallest absolute Gasteiger partial charge is 0.254 e. The molecule has 0 aliphatic carbocycles. The van der Waals surface area contributed by atoms with Gasteiger partial charge in [-0.15, -0.1) is 0 Å². The molecule has 5 heteroatoms. The summed E-state index contributed by atoms with van der Waals surface area (Å²) in [4.78, 5) is 14.6. The third kappa shape index (κ3) is 3.40. The summed E-state index contributed by atoms with van der Waals surface area (Å²) in [6.07, 6.45) is 2.85. The van der Waals surface area contributed by atoms with E-state index in [-0.39, 0.29) is 29.3 Å². The first-order valence-electron chi connectivity index (χ1n) is 8.11. The van der Waals surface area contributed by atoms with Crippen molar-refractivity contribution >= 4 is 17.5 Å². The second-order valence-corrected chi connectivity index (χ2v) is 6.48. The highest BCUT2D eigenvalue weighted by Gasteiger charge is 2.26. The lowest BCUT2D eigenvalue weighted by Crippen LogP contribution is -2.45. The summed E-state index contributed by atoms with van der Waals surface area (Å²) >= 11 is 5.97. The summed E-state index contributed by atoms with van der Waals surface area (Å²) in [6.45, 7) is 0.679. The van der Waals surface area contributed by atoms with Crippen LogP contribution in [-0.2, 0) is 0 Å². The van der Waals surface area contributed by atoms with Crippen LogP contribution >= 0.6 is 11.6 Å². The highest BCUT2D eigenvalue weighted by atomic mass is 35.5. The fraction of sp³-hybridized carbons (Fsp3) is 0.316. The van der Waals surface area contributed by atoms with Crippen LogP contribution in [0, 0.1) is 0 Å². The van der Waals surface area contributed by atoms with Gasteiger partial charge in [-0.1, -0.05) is 29.8 Å². The predicted octanol–water partition coefficient (Wildman–Crippen LogP) is 3.70. The predicted molar refractivity (Wildman–Crippen MR) is 94.3 cm³/mol. The van der Waals surface area contributed by atoms with Gasteiger partial charge in [-0.05, 0) is 54.7 Å². The van der Waals surface area contributed by atoms with E-state index >= 15 is 0 Å². The SMILES string of the molecule is O=C(c1cccc(-c2ccc(O)c(Cl)c2)c1)N1CCCC[C@H]1CO. The second-order valence-electron chi connectivity index (χ2n) is 6.08. The van der Waals surface area contributed by atoms with Gasteiger partial charge in [0.2, 0.25) is 0 Å². The molecular weight excluding hydrogens is 326 g/mol. The zero-order valence-corrected chi connectivity index (χ0v) is 14.0. The minimum atomic E-state index is -0.0991. The van der Waals surface area contributed by atoms with Crippen LogP contribution in [0.2, 0.25) is 5.02 Å². The van der Waals surface area contributed by atoms with E-state index in [4.69, 9.17) is 11.6 Å². The van der Waals surface area contributed by atoms with Gasteiger partial charge >= 0.3 is 0 Å². The minimum Gasteiger partial charge on any atom is -0.506 e. The van der Waals surface area contributed by atoms with Crippen molar-refractivity contribution < 1.29 is 15.0 Å². The Labute approximate surface area is 146 Å².